The van der Waals surface area contributed by atoms with Crippen molar-refractivity contribution in [1.29, 1.82) is 0 Å². The Hall–Kier alpha value is -2.19. The summed E-state index contributed by atoms with van der Waals surface area (Å²) >= 11 is 1.40. The molecule has 0 bridgehead atoms. The molecule has 0 radical (unpaired) electrons. The molecule has 3 N–H and O–H groups in total. The van der Waals surface area contributed by atoms with E-state index < -0.39 is 0 Å². The maximum Gasteiger partial charge on any atom is 0.220 e. The average Bonchev–Trinajstić information content (AvgIpc) is 3.04. The minimum atomic E-state index is 0.0137. The molecule has 0 aromatic carbocycles. The second kappa shape index (κ2) is 8.26. The number of nitrogens with two attached hydrogens (primary N) is 1. The topological polar surface area (TPSA) is 87.4 Å². The van der Waals surface area contributed by atoms with Gasteiger partial charge < -0.3 is 20.9 Å². The Labute approximate surface area is 151 Å². The zero-order chi connectivity index (χ0) is 17.6. The Morgan fingerprint density at radius 2 is 2.16 bits per heavy atom. The summed E-state index contributed by atoms with van der Waals surface area (Å²) < 4.78 is 0. The number of piperazine rings is 1. The van der Waals surface area contributed by atoms with Crippen molar-refractivity contribution < 1.29 is 4.79 Å². The Morgan fingerprint density at radius 3 is 2.88 bits per heavy atom. The van der Waals surface area contributed by atoms with E-state index in [4.69, 9.17) is 5.73 Å². The number of rotatable bonds is 6. The molecule has 1 aliphatic heterocycles. The number of pyridine rings is 1. The lowest BCUT2D eigenvalue weighted by atomic mass is 10.2. The van der Waals surface area contributed by atoms with Gasteiger partial charge in [0.1, 0.15) is 5.82 Å². The zero-order valence-corrected chi connectivity index (χ0v) is 15.3. The highest BCUT2D eigenvalue weighted by molar-refractivity contribution is 7.13. The van der Waals surface area contributed by atoms with Gasteiger partial charge in [-0.3, -0.25) is 4.79 Å². The average molecular weight is 360 g/mol. The van der Waals surface area contributed by atoms with Gasteiger partial charge in [0.25, 0.3) is 0 Å². The van der Waals surface area contributed by atoms with Gasteiger partial charge >= 0.3 is 0 Å². The first-order valence-electron chi connectivity index (χ1n) is 8.46. The first-order valence-corrected chi connectivity index (χ1v) is 9.34. The van der Waals surface area contributed by atoms with Crippen molar-refractivity contribution in [3.05, 3.63) is 35.0 Å². The SMILES string of the molecule is CN1CCN(c2ncccc2CNC(=O)CCc2csc(N)n2)CC1. The number of carbonyl (C=O) groups excluding carboxylic acids is 1. The summed E-state index contributed by atoms with van der Waals surface area (Å²) in [6, 6.07) is 3.95. The molecule has 134 valence electrons. The summed E-state index contributed by atoms with van der Waals surface area (Å²) in [4.78, 5) is 25.4. The number of nitrogen functional groups attached to an aromatic ring is 1. The molecule has 25 heavy (non-hydrogen) atoms. The Kier molecular flexibility index (Phi) is 5.83. The van der Waals surface area contributed by atoms with Crippen LogP contribution in [0.25, 0.3) is 0 Å². The van der Waals surface area contributed by atoms with Crippen LogP contribution >= 0.6 is 11.3 Å². The minimum absolute atomic E-state index is 0.0137. The van der Waals surface area contributed by atoms with Crippen LogP contribution in [0.5, 0.6) is 0 Å². The number of thiazole rings is 1. The second-order valence-corrected chi connectivity index (χ2v) is 7.12. The summed E-state index contributed by atoms with van der Waals surface area (Å²) in [5.74, 6) is 0.989. The largest absolute Gasteiger partial charge is 0.375 e. The molecule has 0 aliphatic carbocycles. The smallest absolute Gasteiger partial charge is 0.220 e. The lowest BCUT2D eigenvalue weighted by Gasteiger charge is -2.34. The quantitative estimate of drug-likeness (QED) is 0.803. The molecule has 7 nitrogen and oxygen atoms in total. The van der Waals surface area contributed by atoms with Crippen molar-refractivity contribution in [2.75, 3.05) is 43.9 Å². The minimum Gasteiger partial charge on any atom is -0.375 e. The first kappa shape index (κ1) is 17.6. The van der Waals surface area contributed by atoms with Gasteiger partial charge in [0.05, 0.1) is 5.69 Å². The van der Waals surface area contributed by atoms with Gasteiger partial charge in [-0.05, 0) is 19.5 Å². The molecule has 1 amide bonds. The molecule has 3 rings (SSSR count). The summed E-state index contributed by atoms with van der Waals surface area (Å²) in [5, 5.41) is 5.43. The monoisotopic (exact) mass is 360 g/mol. The van der Waals surface area contributed by atoms with Crippen molar-refractivity contribution in [2.24, 2.45) is 0 Å². The fourth-order valence-electron chi connectivity index (χ4n) is 2.83. The van der Waals surface area contributed by atoms with Crippen LogP contribution in [0, 0.1) is 0 Å². The molecule has 3 heterocycles. The Balaban J connectivity index is 1.53. The zero-order valence-electron chi connectivity index (χ0n) is 14.4. The third kappa shape index (κ3) is 4.90. The summed E-state index contributed by atoms with van der Waals surface area (Å²) in [5.41, 5.74) is 7.53. The predicted octanol–water partition coefficient (Wildman–Crippen LogP) is 1.12. The number of amides is 1. The van der Waals surface area contributed by atoms with E-state index in [0.717, 1.165) is 43.3 Å². The molecule has 0 unspecified atom stereocenters. The summed E-state index contributed by atoms with van der Waals surface area (Å²) in [7, 11) is 2.13. The fourth-order valence-corrected chi connectivity index (χ4v) is 3.43. The van der Waals surface area contributed by atoms with Crippen LogP contribution in [0.2, 0.25) is 0 Å². The fraction of sp³-hybridized carbons (Fsp3) is 0.471. The van der Waals surface area contributed by atoms with Gasteiger partial charge in [0.15, 0.2) is 5.13 Å². The third-order valence-electron chi connectivity index (χ3n) is 4.32. The van der Waals surface area contributed by atoms with Crippen molar-refractivity contribution in [1.82, 2.24) is 20.2 Å². The van der Waals surface area contributed by atoms with Crippen LogP contribution in [0.4, 0.5) is 10.9 Å². The van der Waals surface area contributed by atoms with Gasteiger partial charge in [-0.1, -0.05) is 6.07 Å². The second-order valence-electron chi connectivity index (χ2n) is 6.23. The van der Waals surface area contributed by atoms with E-state index in [1.54, 1.807) is 0 Å². The van der Waals surface area contributed by atoms with Crippen LogP contribution in [-0.2, 0) is 17.8 Å². The molecule has 2 aromatic heterocycles. The molecule has 1 fully saturated rings. The number of carbonyl (C=O) groups is 1. The molecule has 0 spiro atoms. The van der Waals surface area contributed by atoms with Crippen molar-refractivity contribution in [3.63, 3.8) is 0 Å². The Bertz CT molecular complexity index is 711. The van der Waals surface area contributed by atoms with E-state index in [0.29, 0.717) is 24.5 Å². The van der Waals surface area contributed by atoms with Crippen LogP contribution in [0.15, 0.2) is 23.7 Å². The van der Waals surface area contributed by atoms with Gasteiger partial charge in [-0.25, -0.2) is 9.97 Å². The van der Waals surface area contributed by atoms with Gasteiger partial charge in [0.2, 0.25) is 5.91 Å². The summed E-state index contributed by atoms with van der Waals surface area (Å²) in [6.07, 6.45) is 2.83. The van der Waals surface area contributed by atoms with Crippen LogP contribution in [0.1, 0.15) is 17.7 Å². The molecule has 2 aromatic rings. The van der Waals surface area contributed by atoms with E-state index in [2.05, 4.69) is 32.1 Å². The number of hydrogen-bond acceptors (Lipinski definition) is 7. The van der Waals surface area contributed by atoms with Crippen molar-refractivity contribution in [2.45, 2.75) is 19.4 Å². The van der Waals surface area contributed by atoms with E-state index in [-0.39, 0.29) is 5.91 Å². The van der Waals surface area contributed by atoms with Crippen LogP contribution in [-0.4, -0.2) is 54.0 Å². The highest BCUT2D eigenvalue weighted by Crippen LogP contribution is 2.18. The molecular formula is C17H24N6OS. The lowest BCUT2D eigenvalue weighted by molar-refractivity contribution is -0.121. The number of nitrogens with zero attached hydrogens (tertiary/aromatic N) is 4. The van der Waals surface area contributed by atoms with E-state index in [9.17, 15) is 4.79 Å². The molecule has 0 atom stereocenters. The van der Waals surface area contributed by atoms with Gasteiger partial charge in [-0.2, -0.15) is 0 Å². The highest BCUT2D eigenvalue weighted by Gasteiger charge is 2.18. The normalized spacial score (nSPS) is 15.3. The van der Waals surface area contributed by atoms with E-state index >= 15 is 0 Å². The van der Waals surface area contributed by atoms with E-state index in [1.165, 1.54) is 11.3 Å². The highest BCUT2D eigenvalue weighted by atomic mass is 32.1. The first-order chi connectivity index (χ1) is 12.1. The molecule has 1 saturated heterocycles. The van der Waals surface area contributed by atoms with E-state index in [1.807, 2.05) is 23.7 Å². The molecule has 1 aliphatic rings. The molecule has 0 saturated carbocycles. The summed E-state index contributed by atoms with van der Waals surface area (Å²) in [6.45, 7) is 4.46. The molecular weight excluding hydrogens is 336 g/mol. The Morgan fingerprint density at radius 1 is 1.36 bits per heavy atom. The van der Waals surface area contributed by atoms with Gasteiger partial charge in [0, 0.05) is 56.3 Å². The molecule has 8 heteroatoms. The van der Waals surface area contributed by atoms with Crippen molar-refractivity contribution in [3.8, 4) is 0 Å². The lowest BCUT2D eigenvalue weighted by Crippen LogP contribution is -2.45. The predicted molar refractivity (Wildman–Crippen MR) is 101 cm³/mol. The number of aryl methyl sites for hydroxylation is 1. The van der Waals surface area contributed by atoms with Crippen LogP contribution < -0.4 is 16.0 Å². The number of anilines is 2. The third-order valence-corrected chi connectivity index (χ3v) is 5.05. The standard InChI is InChI=1S/C17H24N6OS/c1-22-7-9-23(10-8-22)16-13(3-2-6-19-16)11-20-15(24)5-4-14-12-25-17(18)21-14/h2-3,6,12H,4-5,7-11H2,1H3,(H2,18,21)(H,20,24). The number of nitrogens with one attached hydrogen (secondary N) is 1. The van der Waals surface area contributed by atoms with Crippen molar-refractivity contribution >= 4 is 28.2 Å². The number of aromatic nitrogens is 2. The maximum atomic E-state index is 12.1. The maximum absolute atomic E-state index is 12.1. The number of hydrogen-bond donors (Lipinski definition) is 2. The number of likely N-dealkylation sites (N-methyl/N-ethyl adjacent to an activating group) is 1. The van der Waals surface area contributed by atoms with Gasteiger partial charge in [-0.15, -0.1) is 11.3 Å². The van der Waals surface area contributed by atoms with Crippen LogP contribution in [0.3, 0.4) is 0 Å².